The molecule has 0 spiro atoms. The Hall–Kier alpha value is -1.40. The zero-order valence-corrected chi connectivity index (χ0v) is 19.4. The molecule has 3 heterocycles. The number of alkyl halides is 1. The first kappa shape index (κ1) is 20.5. The number of halogens is 1. The molecule has 0 N–H and O–H groups in total. The molecule has 7 heteroatoms. The lowest BCUT2D eigenvalue weighted by molar-refractivity contribution is -0.130. The molecule has 2 aromatic rings. The zero-order chi connectivity index (χ0) is 20.7. The minimum absolute atomic E-state index is 0.0416. The van der Waals surface area contributed by atoms with E-state index in [0.29, 0.717) is 19.0 Å². The first-order valence-electron chi connectivity index (χ1n) is 11.6. The van der Waals surface area contributed by atoms with Gasteiger partial charge in [-0.3, -0.25) is 4.79 Å². The van der Waals surface area contributed by atoms with E-state index in [-0.39, 0.29) is 5.91 Å². The van der Waals surface area contributed by atoms with E-state index in [1.54, 1.807) is 6.92 Å². The standard InChI is InChI=1S/C23H31ClN4OS/c1-15(24)23(29)28-13-11-27(12-14-28)21-19-17-9-5-6-10-18(17)30-22(19)26-20(25-21)16-7-3-2-4-8-16/h15-16H,2-14H2,1H3. The molecule has 2 aliphatic carbocycles. The monoisotopic (exact) mass is 446 g/mol. The van der Waals surface area contributed by atoms with Crippen molar-refractivity contribution in [3.05, 3.63) is 16.3 Å². The predicted octanol–water partition coefficient (Wildman–Crippen LogP) is 4.89. The maximum atomic E-state index is 12.3. The van der Waals surface area contributed by atoms with E-state index < -0.39 is 5.38 Å². The topological polar surface area (TPSA) is 49.3 Å². The molecule has 1 saturated carbocycles. The molecule has 162 valence electrons. The number of aromatic nitrogens is 2. The quantitative estimate of drug-likeness (QED) is 0.629. The van der Waals surface area contributed by atoms with E-state index in [9.17, 15) is 4.79 Å². The number of thiophene rings is 1. The van der Waals surface area contributed by atoms with Gasteiger partial charge in [-0.1, -0.05) is 19.3 Å². The number of nitrogens with zero attached hydrogens (tertiary/aromatic N) is 4. The summed E-state index contributed by atoms with van der Waals surface area (Å²) < 4.78 is 0. The highest BCUT2D eigenvalue weighted by atomic mass is 35.5. The Morgan fingerprint density at radius 2 is 1.77 bits per heavy atom. The lowest BCUT2D eigenvalue weighted by Gasteiger charge is -2.36. The molecule has 2 aromatic heterocycles. The number of carbonyl (C=O) groups excluding carboxylic acids is 1. The van der Waals surface area contributed by atoms with Gasteiger partial charge in [-0.15, -0.1) is 22.9 Å². The molecule has 30 heavy (non-hydrogen) atoms. The minimum Gasteiger partial charge on any atom is -0.352 e. The van der Waals surface area contributed by atoms with E-state index in [0.717, 1.165) is 31.2 Å². The van der Waals surface area contributed by atoms with Gasteiger partial charge < -0.3 is 9.80 Å². The van der Waals surface area contributed by atoms with Gasteiger partial charge in [0, 0.05) is 37.0 Å². The summed E-state index contributed by atoms with van der Waals surface area (Å²) in [7, 11) is 0. The Kier molecular flexibility index (Phi) is 5.89. The van der Waals surface area contributed by atoms with E-state index in [1.807, 2.05) is 16.2 Å². The predicted molar refractivity (Wildman–Crippen MR) is 124 cm³/mol. The van der Waals surface area contributed by atoms with Crippen LogP contribution in [0.5, 0.6) is 0 Å². The van der Waals surface area contributed by atoms with Crippen LogP contribution in [0.4, 0.5) is 5.82 Å². The molecular weight excluding hydrogens is 416 g/mol. The van der Waals surface area contributed by atoms with E-state index >= 15 is 0 Å². The average molecular weight is 447 g/mol. The van der Waals surface area contributed by atoms with Crippen LogP contribution in [0.2, 0.25) is 0 Å². The minimum atomic E-state index is -0.455. The normalized spacial score (nSPS) is 21.7. The fourth-order valence-electron chi connectivity index (χ4n) is 5.32. The van der Waals surface area contributed by atoms with Gasteiger partial charge in [0.05, 0.1) is 5.39 Å². The molecule has 0 aromatic carbocycles. The lowest BCUT2D eigenvalue weighted by atomic mass is 9.88. The maximum Gasteiger partial charge on any atom is 0.240 e. The number of rotatable bonds is 3. The van der Waals surface area contributed by atoms with Gasteiger partial charge in [0.25, 0.3) is 0 Å². The van der Waals surface area contributed by atoms with Crippen molar-refractivity contribution in [3.63, 3.8) is 0 Å². The van der Waals surface area contributed by atoms with Crippen molar-refractivity contribution >= 4 is 44.9 Å². The summed E-state index contributed by atoms with van der Waals surface area (Å²) >= 11 is 7.95. The van der Waals surface area contributed by atoms with Crippen LogP contribution < -0.4 is 4.90 Å². The van der Waals surface area contributed by atoms with Gasteiger partial charge in [0.1, 0.15) is 21.8 Å². The summed E-state index contributed by atoms with van der Waals surface area (Å²) in [6.07, 6.45) is 11.2. The number of hydrogen-bond acceptors (Lipinski definition) is 5. The number of amides is 1. The molecule has 5 rings (SSSR count). The fourth-order valence-corrected chi connectivity index (χ4v) is 6.72. The number of anilines is 1. The summed E-state index contributed by atoms with van der Waals surface area (Å²) in [5.41, 5.74) is 1.50. The molecule has 3 aliphatic rings. The first-order valence-corrected chi connectivity index (χ1v) is 12.9. The van der Waals surface area contributed by atoms with E-state index in [2.05, 4.69) is 4.90 Å². The molecule has 5 nitrogen and oxygen atoms in total. The van der Waals surface area contributed by atoms with Crippen molar-refractivity contribution in [2.45, 2.75) is 76.0 Å². The Morgan fingerprint density at radius 1 is 1.03 bits per heavy atom. The number of aryl methyl sites for hydroxylation is 2. The summed E-state index contributed by atoms with van der Waals surface area (Å²) in [5, 5.41) is 0.851. The van der Waals surface area contributed by atoms with Crippen LogP contribution in [0.15, 0.2) is 0 Å². The number of carbonyl (C=O) groups is 1. The van der Waals surface area contributed by atoms with Crippen molar-refractivity contribution in [1.29, 1.82) is 0 Å². The summed E-state index contributed by atoms with van der Waals surface area (Å²) in [6.45, 7) is 4.82. The second kappa shape index (κ2) is 8.62. The summed E-state index contributed by atoms with van der Waals surface area (Å²) in [4.78, 5) is 29.7. The van der Waals surface area contributed by atoms with Crippen molar-refractivity contribution < 1.29 is 4.79 Å². The third-order valence-electron chi connectivity index (χ3n) is 7.01. The first-order chi connectivity index (χ1) is 14.6. The Balaban J connectivity index is 1.51. The largest absolute Gasteiger partial charge is 0.352 e. The Bertz CT molecular complexity index is 929. The van der Waals surface area contributed by atoms with Gasteiger partial charge in [0.2, 0.25) is 5.91 Å². The Labute approximate surface area is 187 Å². The molecular formula is C23H31ClN4OS. The van der Waals surface area contributed by atoms with Gasteiger partial charge in [-0.2, -0.15) is 0 Å². The van der Waals surface area contributed by atoms with Crippen LogP contribution >= 0.6 is 22.9 Å². The number of fused-ring (bicyclic) bond motifs is 3. The number of hydrogen-bond donors (Lipinski definition) is 0. The third kappa shape index (κ3) is 3.81. The Morgan fingerprint density at radius 3 is 2.50 bits per heavy atom. The van der Waals surface area contributed by atoms with Crippen molar-refractivity contribution in [2.75, 3.05) is 31.1 Å². The van der Waals surface area contributed by atoms with Crippen molar-refractivity contribution in [1.82, 2.24) is 14.9 Å². The molecule has 2 fully saturated rings. The highest BCUT2D eigenvalue weighted by molar-refractivity contribution is 7.19. The maximum absolute atomic E-state index is 12.3. The van der Waals surface area contributed by atoms with Crippen LogP contribution in [0.25, 0.3) is 10.2 Å². The highest BCUT2D eigenvalue weighted by Gasteiger charge is 2.29. The molecule has 1 amide bonds. The molecule has 0 bridgehead atoms. The van der Waals surface area contributed by atoms with E-state index in [1.165, 1.54) is 72.0 Å². The van der Waals surface area contributed by atoms with Crippen LogP contribution in [0, 0.1) is 0 Å². The van der Waals surface area contributed by atoms with Gasteiger partial charge >= 0.3 is 0 Å². The van der Waals surface area contributed by atoms with Crippen LogP contribution in [-0.4, -0.2) is 52.3 Å². The van der Waals surface area contributed by atoms with Crippen molar-refractivity contribution in [2.24, 2.45) is 0 Å². The SMILES string of the molecule is CC(Cl)C(=O)N1CCN(c2nc(C3CCCCC3)nc3sc4c(c23)CCCC4)CC1. The van der Waals surface area contributed by atoms with Crippen molar-refractivity contribution in [3.8, 4) is 0 Å². The van der Waals surface area contributed by atoms with Crippen LogP contribution in [0.1, 0.15) is 74.1 Å². The number of piperazine rings is 1. The molecule has 1 saturated heterocycles. The molecule has 1 aliphatic heterocycles. The lowest BCUT2D eigenvalue weighted by Crippen LogP contribution is -2.50. The highest BCUT2D eigenvalue weighted by Crippen LogP contribution is 2.42. The summed E-state index contributed by atoms with van der Waals surface area (Å²) in [6, 6.07) is 0. The second-order valence-corrected chi connectivity index (χ2v) is 10.8. The van der Waals surface area contributed by atoms with Gasteiger partial charge in [-0.25, -0.2) is 9.97 Å². The van der Waals surface area contributed by atoms with Gasteiger partial charge in [-0.05, 0) is 51.0 Å². The molecule has 1 atom stereocenters. The van der Waals surface area contributed by atoms with Crippen LogP contribution in [0.3, 0.4) is 0 Å². The van der Waals surface area contributed by atoms with E-state index in [4.69, 9.17) is 21.6 Å². The molecule has 0 radical (unpaired) electrons. The third-order valence-corrected chi connectivity index (χ3v) is 8.39. The fraction of sp³-hybridized carbons (Fsp3) is 0.696. The second-order valence-electron chi connectivity index (χ2n) is 9.06. The smallest absolute Gasteiger partial charge is 0.240 e. The van der Waals surface area contributed by atoms with Crippen LogP contribution in [-0.2, 0) is 17.6 Å². The average Bonchev–Trinajstić information content (AvgIpc) is 3.17. The van der Waals surface area contributed by atoms with Gasteiger partial charge in [0.15, 0.2) is 0 Å². The summed E-state index contributed by atoms with van der Waals surface area (Å²) in [5.74, 6) is 2.73. The molecule has 1 unspecified atom stereocenters. The zero-order valence-electron chi connectivity index (χ0n) is 17.8.